The average Bonchev–Trinajstić information content (AvgIpc) is 3.13. The van der Waals surface area contributed by atoms with Gasteiger partial charge in [0.1, 0.15) is 11.8 Å². The Morgan fingerprint density at radius 2 is 2.09 bits per heavy atom. The van der Waals surface area contributed by atoms with E-state index in [0.29, 0.717) is 29.7 Å². The number of pyridine rings is 1. The van der Waals surface area contributed by atoms with Crippen molar-refractivity contribution in [1.29, 1.82) is 5.26 Å². The topological polar surface area (TPSA) is 150 Å². The highest BCUT2D eigenvalue weighted by Gasteiger charge is 2.47. The molecule has 1 atom stereocenters. The largest absolute Gasteiger partial charge is 0.484 e. The Hall–Kier alpha value is -3.85. The zero-order valence-corrected chi connectivity index (χ0v) is 17.5. The van der Waals surface area contributed by atoms with Crippen LogP contribution in [0.15, 0.2) is 30.5 Å². The number of ether oxygens (including phenoxy) is 1. The van der Waals surface area contributed by atoms with Gasteiger partial charge in [-0.2, -0.15) is 5.26 Å². The highest BCUT2D eigenvalue weighted by atomic mass is 19.3. The molecule has 10 nitrogen and oxygen atoms in total. The number of nitriles is 1. The maximum atomic E-state index is 13.6. The van der Waals surface area contributed by atoms with Gasteiger partial charge in [0, 0.05) is 31.1 Å². The van der Waals surface area contributed by atoms with Crippen molar-refractivity contribution in [3.05, 3.63) is 36.0 Å². The monoisotopic (exact) mass is 460 g/mol. The van der Waals surface area contributed by atoms with Gasteiger partial charge in [0.2, 0.25) is 5.91 Å². The molecule has 1 aromatic heterocycles. The molecule has 0 bridgehead atoms. The van der Waals surface area contributed by atoms with Crippen LogP contribution in [0.2, 0.25) is 0 Å². The summed E-state index contributed by atoms with van der Waals surface area (Å²) in [6, 6.07) is 6.60. The number of amides is 3. The molecular formula is C21H22F2N6O4. The number of halogens is 2. The second kappa shape index (κ2) is 10.2. The standard InChI is InChI=1S/C21H22F2N6O4/c22-21(23)8-13(9-25)29(12-21)19(31)10-28-20(32)15-3-5-26-17-2-1-14(7-16(15)17)33-11-18(30)27-6-4-24/h1-3,5,7,13H,4,6,8,10-12,24H2,(H,27,30)(H,28,32)/t13-/m0/s1. The van der Waals surface area contributed by atoms with E-state index in [9.17, 15) is 23.2 Å². The summed E-state index contributed by atoms with van der Waals surface area (Å²) in [5.41, 5.74) is 5.97. The quantitative estimate of drug-likeness (QED) is 0.508. The number of alkyl halides is 2. The van der Waals surface area contributed by atoms with Crippen LogP contribution in [0.3, 0.4) is 0 Å². The first-order valence-electron chi connectivity index (χ1n) is 10.1. The van der Waals surface area contributed by atoms with E-state index in [1.807, 2.05) is 0 Å². The molecule has 1 aromatic carbocycles. The molecule has 3 rings (SSSR count). The molecule has 12 heteroatoms. The number of likely N-dealkylation sites (tertiary alicyclic amines) is 1. The molecule has 1 aliphatic rings. The Kier molecular flexibility index (Phi) is 7.34. The zero-order chi connectivity index (χ0) is 24.0. The molecule has 1 fully saturated rings. The van der Waals surface area contributed by atoms with Crippen LogP contribution >= 0.6 is 0 Å². The van der Waals surface area contributed by atoms with Crippen LogP contribution in [0.25, 0.3) is 10.9 Å². The number of nitrogens with two attached hydrogens (primary N) is 1. The first-order valence-corrected chi connectivity index (χ1v) is 10.1. The van der Waals surface area contributed by atoms with Crippen LogP contribution in [-0.2, 0) is 9.59 Å². The molecule has 0 radical (unpaired) electrons. The smallest absolute Gasteiger partial charge is 0.268 e. The lowest BCUT2D eigenvalue weighted by molar-refractivity contribution is -0.131. The van der Waals surface area contributed by atoms with Gasteiger partial charge in [-0.1, -0.05) is 0 Å². The third-order valence-electron chi connectivity index (χ3n) is 4.93. The third-order valence-corrected chi connectivity index (χ3v) is 4.93. The summed E-state index contributed by atoms with van der Waals surface area (Å²) in [5, 5.41) is 14.4. The maximum absolute atomic E-state index is 13.6. The van der Waals surface area contributed by atoms with Crippen molar-refractivity contribution in [2.75, 3.05) is 32.8 Å². The summed E-state index contributed by atoms with van der Waals surface area (Å²) in [7, 11) is 0. The highest BCUT2D eigenvalue weighted by molar-refractivity contribution is 6.07. The van der Waals surface area contributed by atoms with Gasteiger partial charge in [0.05, 0.1) is 30.2 Å². The summed E-state index contributed by atoms with van der Waals surface area (Å²) in [6.07, 6.45) is 0.678. The first-order chi connectivity index (χ1) is 15.7. The van der Waals surface area contributed by atoms with E-state index in [0.717, 1.165) is 4.90 Å². The van der Waals surface area contributed by atoms with E-state index >= 15 is 0 Å². The lowest BCUT2D eigenvalue weighted by atomic mass is 10.1. The first kappa shape index (κ1) is 23.8. The van der Waals surface area contributed by atoms with Crippen LogP contribution in [0, 0.1) is 11.3 Å². The average molecular weight is 460 g/mol. The molecule has 174 valence electrons. The van der Waals surface area contributed by atoms with Crippen molar-refractivity contribution >= 4 is 28.6 Å². The van der Waals surface area contributed by atoms with E-state index in [2.05, 4.69) is 15.6 Å². The summed E-state index contributed by atoms with van der Waals surface area (Å²) in [4.78, 5) is 41.7. The van der Waals surface area contributed by atoms with E-state index in [-0.39, 0.29) is 18.1 Å². The molecule has 0 unspecified atom stereocenters. The number of nitrogens with zero attached hydrogens (tertiary/aromatic N) is 3. The van der Waals surface area contributed by atoms with Gasteiger partial charge >= 0.3 is 0 Å². The summed E-state index contributed by atoms with van der Waals surface area (Å²) in [6.45, 7) is -1.04. The fourth-order valence-corrected chi connectivity index (χ4v) is 3.37. The number of hydrogen-bond donors (Lipinski definition) is 3. The Morgan fingerprint density at radius 3 is 2.82 bits per heavy atom. The molecule has 4 N–H and O–H groups in total. The SMILES string of the molecule is N#C[C@@H]1CC(F)(F)CN1C(=O)CNC(=O)c1ccnc2ccc(OCC(=O)NCCN)cc12. The van der Waals surface area contributed by atoms with E-state index < -0.39 is 43.3 Å². The van der Waals surface area contributed by atoms with Crippen molar-refractivity contribution in [2.24, 2.45) is 5.73 Å². The van der Waals surface area contributed by atoms with Gasteiger partial charge in [-0.3, -0.25) is 19.4 Å². The second-order valence-electron chi connectivity index (χ2n) is 7.37. The van der Waals surface area contributed by atoms with Crippen LogP contribution < -0.4 is 21.1 Å². The van der Waals surface area contributed by atoms with Crippen molar-refractivity contribution < 1.29 is 27.9 Å². The molecule has 1 aliphatic heterocycles. The number of carbonyl (C=O) groups is 3. The van der Waals surface area contributed by atoms with Crippen molar-refractivity contribution in [1.82, 2.24) is 20.5 Å². The summed E-state index contributed by atoms with van der Waals surface area (Å²) >= 11 is 0. The molecule has 2 aromatic rings. The minimum Gasteiger partial charge on any atom is -0.484 e. The van der Waals surface area contributed by atoms with Gasteiger partial charge in [0.15, 0.2) is 6.61 Å². The number of carbonyl (C=O) groups excluding carboxylic acids is 3. The predicted octanol–water partition coefficient (Wildman–Crippen LogP) is 0.178. The van der Waals surface area contributed by atoms with Gasteiger partial charge in [-0.05, 0) is 24.3 Å². The molecule has 0 spiro atoms. The van der Waals surface area contributed by atoms with Crippen LogP contribution in [0.1, 0.15) is 16.8 Å². The van der Waals surface area contributed by atoms with Gasteiger partial charge in [-0.25, -0.2) is 8.78 Å². The van der Waals surface area contributed by atoms with E-state index in [1.54, 1.807) is 18.2 Å². The number of fused-ring (bicyclic) bond motifs is 1. The van der Waals surface area contributed by atoms with Gasteiger partial charge in [0.25, 0.3) is 17.7 Å². The molecule has 3 amide bonds. The normalized spacial score (nSPS) is 16.8. The van der Waals surface area contributed by atoms with E-state index in [4.69, 9.17) is 15.7 Å². The molecule has 0 aliphatic carbocycles. The lowest BCUT2D eigenvalue weighted by Gasteiger charge is -2.19. The lowest BCUT2D eigenvalue weighted by Crippen LogP contribution is -2.43. The molecule has 0 saturated carbocycles. The molecule has 1 saturated heterocycles. The fourth-order valence-electron chi connectivity index (χ4n) is 3.37. The fraction of sp³-hybridized carbons (Fsp3) is 0.381. The van der Waals surface area contributed by atoms with E-state index in [1.165, 1.54) is 18.3 Å². The Labute approximate surface area is 187 Å². The van der Waals surface area contributed by atoms with Crippen molar-refractivity contribution in [3.63, 3.8) is 0 Å². The predicted molar refractivity (Wildman–Crippen MR) is 112 cm³/mol. The zero-order valence-electron chi connectivity index (χ0n) is 17.5. The molecular weight excluding hydrogens is 438 g/mol. The maximum Gasteiger partial charge on any atom is 0.268 e. The van der Waals surface area contributed by atoms with Crippen molar-refractivity contribution in [2.45, 2.75) is 18.4 Å². The Morgan fingerprint density at radius 1 is 1.30 bits per heavy atom. The summed E-state index contributed by atoms with van der Waals surface area (Å²) < 4.78 is 32.6. The Bertz CT molecular complexity index is 1100. The summed E-state index contributed by atoms with van der Waals surface area (Å²) in [5.74, 6) is -4.59. The molecule has 33 heavy (non-hydrogen) atoms. The molecule has 2 heterocycles. The number of hydrogen-bond acceptors (Lipinski definition) is 7. The number of aromatic nitrogens is 1. The van der Waals surface area contributed by atoms with Gasteiger partial charge in [-0.15, -0.1) is 0 Å². The second-order valence-corrected chi connectivity index (χ2v) is 7.37. The minimum atomic E-state index is -3.14. The number of benzene rings is 1. The van der Waals surface area contributed by atoms with Crippen molar-refractivity contribution in [3.8, 4) is 11.8 Å². The van der Waals surface area contributed by atoms with Crippen LogP contribution in [0.5, 0.6) is 5.75 Å². The van der Waals surface area contributed by atoms with Gasteiger partial charge < -0.3 is 26.0 Å². The Balaban J connectivity index is 1.68. The number of rotatable bonds is 8. The minimum absolute atomic E-state index is 0.175. The third kappa shape index (κ3) is 5.89. The van der Waals surface area contributed by atoms with Crippen LogP contribution in [-0.4, -0.2) is 72.4 Å². The number of nitrogens with one attached hydrogen (secondary N) is 2. The highest BCUT2D eigenvalue weighted by Crippen LogP contribution is 2.31. The van der Waals surface area contributed by atoms with Crippen LogP contribution in [0.4, 0.5) is 8.78 Å².